The second-order valence-corrected chi connectivity index (χ2v) is 2.86. The first-order valence-electron chi connectivity index (χ1n) is 4.52. The summed E-state index contributed by atoms with van der Waals surface area (Å²) in [5.41, 5.74) is 2.28. The summed E-state index contributed by atoms with van der Waals surface area (Å²) >= 11 is 0. The van der Waals surface area contributed by atoms with Gasteiger partial charge >= 0.3 is 0 Å². The van der Waals surface area contributed by atoms with Gasteiger partial charge in [-0.3, -0.25) is 5.26 Å². The van der Waals surface area contributed by atoms with Gasteiger partial charge in [0.25, 0.3) is 0 Å². The normalized spacial score (nSPS) is 11.6. The van der Waals surface area contributed by atoms with Gasteiger partial charge < -0.3 is 0 Å². The average Bonchev–Trinajstić information content (AvgIpc) is 2.21. The molecule has 1 aromatic carbocycles. The lowest BCUT2D eigenvalue weighted by Crippen LogP contribution is -1.81. The molecule has 0 unspecified atom stereocenters. The van der Waals surface area contributed by atoms with Crippen LogP contribution in [0.5, 0.6) is 0 Å². The van der Waals surface area contributed by atoms with Gasteiger partial charge in [0.05, 0.1) is 0 Å². The maximum atomic E-state index is 8.10. The Balaban J connectivity index is 2.63. The van der Waals surface area contributed by atoms with Crippen molar-refractivity contribution in [3.8, 4) is 0 Å². The summed E-state index contributed by atoms with van der Waals surface area (Å²) in [7, 11) is 0. The number of benzene rings is 1. The molecular weight excluding hydrogens is 176 g/mol. The molecule has 0 aromatic heterocycles. The summed E-state index contributed by atoms with van der Waals surface area (Å²) in [5.74, 6) is 0. The summed E-state index contributed by atoms with van der Waals surface area (Å²) in [4.78, 5) is 3.93. The topological polar surface area (TPSA) is 29.5 Å². The highest BCUT2D eigenvalue weighted by molar-refractivity contribution is 5.55. The van der Waals surface area contributed by atoms with Gasteiger partial charge in [-0.15, -0.1) is 0 Å². The third kappa shape index (κ3) is 3.56. The van der Waals surface area contributed by atoms with Gasteiger partial charge in [-0.1, -0.05) is 48.6 Å². The quantitative estimate of drug-likeness (QED) is 0.583. The molecular formula is C12H14O2. The van der Waals surface area contributed by atoms with Gasteiger partial charge in [0.2, 0.25) is 0 Å². The molecule has 0 heterocycles. The molecule has 0 atom stereocenters. The molecule has 0 radical (unpaired) electrons. The van der Waals surface area contributed by atoms with Crippen LogP contribution < -0.4 is 0 Å². The molecule has 0 amide bonds. The Hall–Kier alpha value is -1.38. The summed E-state index contributed by atoms with van der Waals surface area (Å²) < 4.78 is 0. The van der Waals surface area contributed by atoms with E-state index < -0.39 is 0 Å². The highest BCUT2D eigenvalue weighted by Gasteiger charge is 1.87. The molecule has 2 nitrogen and oxygen atoms in total. The molecule has 74 valence electrons. The first-order valence-corrected chi connectivity index (χ1v) is 4.52. The van der Waals surface area contributed by atoms with Crippen LogP contribution in [-0.2, 0) is 4.89 Å². The van der Waals surface area contributed by atoms with Crippen LogP contribution in [0.2, 0.25) is 0 Å². The van der Waals surface area contributed by atoms with Crippen LogP contribution in [0.15, 0.2) is 36.4 Å². The zero-order valence-electron chi connectivity index (χ0n) is 8.18. The molecule has 2 heteroatoms. The summed E-state index contributed by atoms with van der Waals surface area (Å²) in [6.07, 6.45) is 7.70. The second kappa shape index (κ2) is 6.13. The number of rotatable bonds is 4. The molecule has 14 heavy (non-hydrogen) atoms. The van der Waals surface area contributed by atoms with Crippen molar-refractivity contribution in [3.63, 3.8) is 0 Å². The zero-order chi connectivity index (χ0) is 10.2. The van der Waals surface area contributed by atoms with E-state index in [1.165, 1.54) is 5.56 Å². The largest absolute Gasteiger partial charge is 0.252 e. The standard InChI is InChI=1S/C12H14O2/c1-2-4-11-6-8-12(9-7-11)5-3-10-14-13/h2-9,13H,10H2,1H3/b4-2+,5-3+. The molecule has 0 saturated carbocycles. The molecule has 0 saturated heterocycles. The highest BCUT2D eigenvalue weighted by atomic mass is 17.1. The Morgan fingerprint density at radius 3 is 2.21 bits per heavy atom. The fourth-order valence-corrected chi connectivity index (χ4v) is 1.14. The van der Waals surface area contributed by atoms with E-state index in [0.717, 1.165) is 5.56 Å². The van der Waals surface area contributed by atoms with Gasteiger partial charge in [0, 0.05) is 0 Å². The molecule has 1 aromatic rings. The van der Waals surface area contributed by atoms with Crippen LogP contribution in [0.1, 0.15) is 18.1 Å². The van der Waals surface area contributed by atoms with Gasteiger partial charge in [-0.25, -0.2) is 4.89 Å². The molecule has 1 N–H and O–H groups in total. The van der Waals surface area contributed by atoms with E-state index >= 15 is 0 Å². The van der Waals surface area contributed by atoms with Gasteiger partial charge in [-0.2, -0.15) is 0 Å². The van der Waals surface area contributed by atoms with E-state index in [2.05, 4.69) is 4.89 Å². The molecule has 1 rings (SSSR count). The zero-order valence-corrected chi connectivity index (χ0v) is 8.18. The van der Waals surface area contributed by atoms with Crippen molar-refractivity contribution >= 4 is 12.2 Å². The summed E-state index contributed by atoms with van der Waals surface area (Å²) in [5, 5.41) is 8.10. The van der Waals surface area contributed by atoms with Gasteiger partial charge in [-0.05, 0) is 18.1 Å². The number of hydrogen-bond acceptors (Lipinski definition) is 2. The molecule has 0 aliphatic carbocycles. The van der Waals surface area contributed by atoms with Crippen LogP contribution in [0.25, 0.3) is 12.2 Å². The lowest BCUT2D eigenvalue weighted by atomic mass is 10.1. The van der Waals surface area contributed by atoms with E-state index in [-0.39, 0.29) is 6.61 Å². The van der Waals surface area contributed by atoms with E-state index in [1.807, 2.05) is 49.4 Å². The Kier molecular flexibility index (Phi) is 4.69. The lowest BCUT2D eigenvalue weighted by molar-refractivity contribution is -0.231. The maximum absolute atomic E-state index is 8.10. The minimum atomic E-state index is 0.219. The smallest absolute Gasteiger partial charge is 0.100 e. The first kappa shape index (κ1) is 10.7. The lowest BCUT2D eigenvalue weighted by Gasteiger charge is -1.95. The predicted octanol–water partition coefficient (Wildman–Crippen LogP) is 3.22. The van der Waals surface area contributed by atoms with Crippen molar-refractivity contribution in [2.45, 2.75) is 6.92 Å². The van der Waals surface area contributed by atoms with Crippen molar-refractivity contribution in [2.75, 3.05) is 6.61 Å². The predicted molar refractivity (Wildman–Crippen MR) is 58.8 cm³/mol. The minimum Gasteiger partial charge on any atom is -0.252 e. The van der Waals surface area contributed by atoms with Gasteiger partial charge in [0.1, 0.15) is 6.61 Å². The molecule has 0 fully saturated rings. The molecule has 0 aliphatic rings. The van der Waals surface area contributed by atoms with Crippen LogP contribution >= 0.6 is 0 Å². The fourth-order valence-electron chi connectivity index (χ4n) is 1.14. The Bertz CT molecular complexity index is 310. The molecule has 0 spiro atoms. The SMILES string of the molecule is C/C=C/c1ccc(/C=C/COO)cc1. The van der Waals surface area contributed by atoms with Crippen LogP contribution in [0, 0.1) is 0 Å². The van der Waals surface area contributed by atoms with Crippen molar-refractivity contribution in [1.29, 1.82) is 0 Å². The van der Waals surface area contributed by atoms with Crippen molar-refractivity contribution in [2.24, 2.45) is 0 Å². The van der Waals surface area contributed by atoms with Gasteiger partial charge in [0.15, 0.2) is 0 Å². The second-order valence-electron chi connectivity index (χ2n) is 2.86. The van der Waals surface area contributed by atoms with Crippen LogP contribution in [-0.4, -0.2) is 11.9 Å². The number of hydrogen-bond donors (Lipinski definition) is 1. The molecule has 0 bridgehead atoms. The maximum Gasteiger partial charge on any atom is 0.100 e. The third-order valence-corrected chi connectivity index (χ3v) is 1.78. The summed E-state index contributed by atoms with van der Waals surface area (Å²) in [6.45, 7) is 2.21. The van der Waals surface area contributed by atoms with Crippen molar-refractivity contribution in [1.82, 2.24) is 0 Å². The number of allylic oxidation sites excluding steroid dienone is 1. The van der Waals surface area contributed by atoms with Crippen LogP contribution in [0.3, 0.4) is 0 Å². The average molecular weight is 190 g/mol. The van der Waals surface area contributed by atoms with Crippen molar-refractivity contribution < 1.29 is 10.1 Å². The first-order chi connectivity index (χ1) is 6.86. The monoisotopic (exact) mass is 190 g/mol. The van der Waals surface area contributed by atoms with E-state index in [0.29, 0.717) is 0 Å². The Morgan fingerprint density at radius 1 is 1.14 bits per heavy atom. The van der Waals surface area contributed by atoms with Crippen molar-refractivity contribution in [3.05, 3.63) is 47.5 Å². The fraction of sp³-hybridized carbons (Fsp3) is 0.167. The Morgan fingerprint density at radius 2 is 1.71 bits per heavy atom. The minimum absolute atomic E-state index is 0.219. The molecule has 0 aliphatic heterocycles. The summed E-state index contributed by atoms with van der Waals surface area (Å²) in [6, 6.07) is 8.12. The van der Waals surface area contributed by atoms with E-state index in [9.17, 15) is 0 Å². The highest BCUT2D eigenvalue weighted by Crippen LogP contribution is 2.07. The van der Waals surface area contributed by atoms with E-state index in [1.54, 1.807) is 6.08 Å². The third-order valence-electron chi connectivity index (χ3n) is 1.78. The van der Waals surface area contributed by atoms with Crippen LogP contribution in [0.4, 0.5) is 0 Å². The van der Waals surface area contributed by atoms with E-state index in [4.69, 9.17) is 5.26 Å². The Labute approximate surface area is 84.1 Å².